The van der Waals surface area contributed by atoms with Crippen molar-refractivity contribution in [2.45, 2.75) is 78.3 Å². The number of esters is 1. The molecule has 1 aliphatic rings. The monoisotopic (exact) mass is 712 g/mol. The number of imidazole rings is 1. The quantitative estimate of drug-likeness (QED) is 0.0834. The van der Waals surface area contributed by atoms with E-state index in [1.54, 1.807) is 45.0 Å². The number of rotatable bonds is 16. The van der Waals surface area contributed by atoms with Gasteiger partial charge in [-0.2, -0.15) is 9.97 Å². The zero-order chi connectivity index (χ0) is 35.3. The molecule has 3 heterocycles. The average molecular weight is 713 g/mol. The molecular weight excluding hydrogens is 670 g/mol. The van der Waals surface area contributed by atoms with E-state index in [4.69, 9.17) is 29.0 Å². The number of alkyl halides is 1. The fourth-order valence-electron chi connectivity index (χ4n) is 4.67. The van der Waals surface area contributed by atoms with Gasteiger partial charge in [0.05, 0.1) is 32.3 Å². The third kappa shape index (κ3) is 8.69. The van der Waals surface area contributed by atoms with Crippen LogP contribution < -0.4 is 15.6 Å². The van der Waals surface area contributed by atoms with Crippen LogP contribution in [0.2, 0.25) is 0 Å². The van der Waals surface area contributed by atoms with Crippen LogP contribution in [0, 0.1) is 5.41 Å². The Morgan fingerprint density at radius 1 is 1.25 bits per heavy atom. The molecule has 1 saturated heterocycles. The third-order valence-electron chi connectivity index (χ3n) is 7.33. The predicted octanol–water partition coefficient (Wildman–Crippen LogP) is 3.96. The summed E-state index contributed by atoms with van der Waals surface area (Å²) in [6.45, 7) is 8.82. The number of halogens is 1. The molecule has 0 radical (unpaired) electrons. The number of carbonyl (C=O) groups is 2. The molecule has 48 heavy (non-hydrogen) atoms. The molecule has 1 aromatic carbocycles. The lowest BCUT2D eigenvalue weighted by Gasteiger charge is -2.25. The van der Waals surface area contributed by atoms with Gasteiger partial charge in [0.2, 0.25) is 16.9 Å². The minimum absolute atomic E-state index is 0.0349. The summed E-state index contributed by atoms with van der Waals surface area (Å²) in [5.41, 5.74) is 3.18. The normalized spacial score (nSPS) is 22.6. The van der Waals surface area contributed by atoms with Crippen LogP contribution in [-0.2, 0) is 39.2 Å². The number of ether oxygens (including phenoxy) is 3. The Labute approximate surface area is 282 Å². The van der Waals surface area contributed by atoms with Crippen LogP contribution in [0.5, 0.6) is 5.88 Å². The fourth-order valence-corrected chi connectivity index (χ4v) is 6.90. The second-order valence-corrected chi connectivity index (χ2v) is 14.8. The average Bonchev–Trinajstić information content (AvgIpc) is 3.54. The highest BCUT2D eigenvalue weighted by Crippen LogP contribution is 2.48. The van der Waals surface area contributed by atoms with Crippen LogP contribution in [-0.4, -0.2) is 85.3 Å². The van der Waals surface area contributed by atoms with Crippen molar-refractivity contribution >= 4 is 47.7 Å². The Morgan fingerprint density at radius 2 is 1.96 bits per heavy atom. The number of aliphatic hydroxyl groups is 1. The number of fused-ring (bicyclic) bond motifs is 1. The molecule has 0 bridgehead atoms. The molecule has 15 nitrogen and oxygen atoms in total. The molecule has 1 aliphatic heterocycles. The Hall–Kier alpha value is -3.18. The van der Waals surface area contributed by atoms with Crippen molar-refractivity contribution in [3.05, 3.63) is 42.2 Å². The number of nitrogen functional groups attached to an aromatic ring is 1. The minimum Gasteiger partial charge on any atom is -0.476 e. The van der Waals surface area contributed by atoms with Crippen molar-refractivity contribution in [3.8, 4) is 5.88 Å². The summed E-state index contributed by atoms with van der Waals surface area (Å²) in [7, 11) is -4.14. The molecule has 0 spiro atoms. The summed E-state index contributed by atoms with van der Waals surface area (Å²) >= 11 is 0.822. The van der Waals surface area contributed by atoms with E-state index in [1.807, 2.05) is 6.07 Å². The van der Waals surface area contributed by atoms with Crippen LogP contribution >= 0.6 is 19.5 Å². The van der Waals surface area contributed by atoms with E-state index >= 15 is 4.39 Å². The zero-order valence-electron chi connectivity index (χ0n) is 27.6. The lowest BCUT2D eigenvalue weighted by Crippen LogP contribution is -2.40. The first-order valence-electron chi connectivity index (χ1n) is 15.3. The van der Waals surface area contributed by atoms with E-state index in [9.17, 15) is 19.3 Å². The van der Waals surface area contributed by atoms with Crippen molar-refractivity contribution < 1.29 is 46.9 Å². The molecule has 0 saturated carbocycles. The van der Waals surface area contributed by atoms with Gasteiger partial charge in [-0.1, -0.05) is 42.1 Å². The number of hydrogen-bond donors (Lipinski definition) is 3. The number of benzene rings is 1. The van der Waals surface area contributed by atoms with Gasteiger partial charge in [-0.05, 0) is 47.1 Å². The highest BCUT2D eigenvalue weighted by atomic mass is 32.2. The van der Waals surface area contributed by atoms with E-state index in [0.717, 1.165) is 24.2 Å². The summed E-state index contributed by atoms with van der Waals surface area (Å²) < 4.78 is 59.2. The SMILES string of the molecule is CCOc1nc(N)nc2c1ncn2C1OC(COP(=O)(NCc2ccccc2)OCCSC(=O)C(C)(C)C(=O)OC(C)C)C(O)C1(C)F. The molecule has 2 aromatic heterocycles. The second-order valence-electron chi connectivity index (χ2n) is 11.9. The molecule has 0 aliphatic carbocycles. The molecule has 1 fully saturated rings. The Bertz CT molecular complexity index is 1630. The Kier molecular flexibility index (Phi) is 12.2. The largest absolute Gasteiger partial charge is 0.476 e. The topological polar surface area (TPSA) is 199 Å². The predicted molar refractivity (Wildman–Crippen MR) is 176 cm³/mol. The summed E-state index contributed by atoms with van der Waals surface area (Å²) in [5.74, 6) is -0.641. The van der Waals surface area contributed by atoms with Crippen molar-refractivity contribution in [1.82, 2.24) is 24.6 Å². The minimum atomic E-state index is -4.14. The number of anilines is 1. The van der Waals surface area contributed by atoms with Crippen LogP contribution in [0.15, 0.2) is 36.7 Å². The number of aromatic nitrogens is 4. The molecule has 4 N–H and O–H groups in total. The van der Waals surface area contributed by atoms with Gasteiger partial charge in [0.25, 0.3) is 0 Å². The number of hydrogen-bond acceptors (Lipinski definition) is 14. The number of nitrogens with two attached hydrogens (primary N) is 1. The van der Waals surface area contributed by atoms with Crippen molar-refractivity contribution in [2.24, 2.45) is 5.41 Å². The summed E-state index contributed by atoms with van der Waals surface area (Å²) in [5, 5.41) is 13.3. The molecule has 264 valence electrons. The molecule has 18 heteroatoms. The molecule has 3 aromatic rings. The molecule has 5 atom stereocenters. The fraction of sp³-hybridized carbons (Fsp3) is 0.567. The maximum Gasteiger partial charge on any atom is 0.405 e. The highest BCUT2D eigenvalue weighted by molar-refractivity contribution is 8.13. The second kappa shape index (κ2) is 15.6. The first-order chi connectivity index (χ1) is 22.6. The first-order valence-corrected chi connectivity index (χ1v) is 17.8. The highest BCUT2D eigenvalue weighted by Gasteiger charge is 2.56. The van der Waals surface area contributed by atoms with Crippen LogP contribution in [0.25, 0.3) is 11.2 Å². The van der Waals surface area contributed by atoms with Crippen molar-refractivity contribution in [3.63, 3.8) is 0 Å². The smallest absolute Gasteiger partial charge is 0.405 e. The van der Waals surface area contributed by atoms with Gasteiger partial charge in [-0.3, -0.25) is 23.2 Å². The van der Waals surface area contributed by atoms with E-state index < -0.39 is 55.0 Å². The van der Waals surface area contributed by atoms with Crippen LogP contribution in [0.3, 0.4) is 0 Å². The lowest BCUT2D eigenvalue weighted by atomic mass is 9.96. The Morgan fingerprint density at radius 3 is 2.62 bits per heavy atom. The number of nitrogens with one attached hydrogen (secondary N) is 1. The van der Waals surface area contributed by atoms with Crippen molar-refractivity contribution in [2.75, 3.05) is 31.3 Å². The van der Waals surface area contributed by atoms with Gasteiger partial charge in [0.15, 0.2) is 23.1 Å². The van der Waals surface area contributed by atoms with Gasteiger partial charge < -0.3 is 25.1 Å². The van der Waals surface area contributed by atoms with Crippen molar-refractivity contribution in [1.29, 1.82) is 0 Å². The van der Waals surface area contributed by atoms with E-state index in [1.165, 1.54) is 24.7 Å². The van der Waals surface area contributed by atoms with Gasteiger partial charge in [0, 0.05) is 12.3 Å². The molecule has 5 unspecified atom stereocenters. The molecule has 4 rings (SSSR count). The van der Waals surface area contributed by atoms with Gasteiger partial charge in [0.1, 0.15) is 17.6 Å². The third-order valence-corrected chi connectivity index (χ3v) is 10.0. The van der Waals surface area contributed by atoms with Gasteiger partial charge in [-0.15, -0.1) is 0 Å². The summed E-state index contributed by atoms with van der Waals surface area (Å²) in [4.78, 5) is 37.6. The Balaban J connectivity index is 1.45. The molecular formula is C30H42FN6O9PS. The lowest BCUT2D eigenvalue weighted by molar-refractivity contribution is -0.159. The zero-order valence-corrected chi connectivity index (χ0v) is 29.3. The maximum atomic E-state index is 16.1. The van der Waals surface area contributed by atoms with Crippen LogP contribution in [0.1, 0.15) is 53.3 Å². The molecule has 0 amide bonds. The summed E-state index contributed by atoms with van der Waals surface area (Å²) in [6.07, 6.45) is -3.57. The first kappa shape index (κ1) is 37.6. The number of nitrogens with zero attached hydrogens (tertiary/aromatic N) is 4. The number of thioether (sulfide) groups is 1. The summed E-state index contributed by atoms with van der Waals surface area (Å²) in [6, 6.07) is 9.04. The van der Waals surface area contributed by atoms with Crippen LogP contribution in [0.4, 0.5) is 10.3 Å². The van der Waals surface area contributed by atoms with Gasteiger partial charge >= 0.3 is 13.7 Å². The standard InChI is InChI=1S/C30H42FN6O9PS/c1-7-42-24-21-23(35-28(32)36-24)37(17-33-21)25-30(6,31)22(38)20(46-25)16-44-47(41,34-15-19-11-9-8-10-12-19)43-13-14-48-27(40)29(4,5)26(39)45-18(2)3/h8-12,17-18,20,22,25,38H,7,13-16H2,1-6H3,(H,34,41)(H2,32,35,36). The van der Waals surface area contributed by atoms with E-state index in [0.29, 0.717) is 0 Å². The van der Waals surface area contributed by atoms with E-state index in [-0.39, 0.29) is 54.6 Å². The van der Waals surface area contributed by atoms with E-state index in [2.05, 4.69) is 20.0 Å². The number of aliphatic hydroxyl groups excluding tert-OH is 1. The number of carbonyl (C=O) groups excluding carboxylic acids is 2. The maximum absolute atomic E-state index is 16.1. The van der Waals surface area contributed by atoms with Gasteiger partial charge in [-0.25, -0.2) is 19.0 Å².